The standard InChI is InChI=1S/C11H18O/c1-2-3-4-10-5-7-11(9-12)8-6-10/h5,7,12H,2-4,6,8-9H2,1H3. The van der Waals surface area contributed by atoms with E-state index in [4.69, 9.17) is 5.11 Å². The van der Waals surface area contributed by atoms with Gasteiger partial charge in [-0.3, -0.25) is 0 Å². The molecule has 0 bridgehead atoms. The Balaban J connectivity index is 2.37. The first kappa shape index (κ1) is 9.53. The molecule has 0 aromatic heterocycles. The third kappa shape index (κ3) is 2.82. The summed E-state index contributed by atoms with van der Waals surface area (Å²) in [6.07, 6.45) is 10.3. The molecule has 1 heteroatoms. The highest BCUT2D eigenvalue weighted by Gasteiger charge is 2.04. The Morgan fingerprint density at radius 3 is 2.42 bits per heavy atom. The summed E-state index contributed by atoms with van der Waals surface area (Å²) in [5.74, 6) is 0. The zero-order chi connectivity index (χ0) is 8.81. The molecule has 1 N–H and O–H groups in total. The largest absolute Gasteiger partial charge is 0.392 e. The number of aliphatic hydroxyl groups is 1. The Bertz CT molecular complexity index is 189. The van der Waals surface area contributed by atoms with Crippen molar-refractivity contribution in [3.8, 4) is 0 Å². The van der Waals surface area contributed by atoms with Crippen LogP contribution in [0.3, 0.4) is 0 Å². The Hall–Kier alpha value is -0.560. The van der Waals surface area contributed by atoms with E-state index in [-0.39, 0.29) is 6.61 Å². The fraction of sp³-hybridized carbons (Fsp3) is 0.636. The molecular formula is C11H18O. The van der Waals surface area contributed by atoms with Gasteiger partial charge in [-0.1, -0.05) is 31.1 Å². The molecule has 0 heterocycles. The molecule has 68 valence electrons. The van der Waals surface area contributed by atoms with Gasteiger partial charge in [0.15, 0.2) is 0 Å². The third-order valence-electron chi connectivity index (χ3n) is 2.38. The molecule has 0 aromatic carbocycles. The van der Waals surface area contributed by atoms with Crippen LogP contribution in [0.15, 0.2) is 23.3 Å². The van der Waals surface area contributed by atoms with E-state index >= 15 is 0 Å². The van der Waals surface area contributed by atoms with E-state index in [2.05, 4.69) is 19.1 Å². The zero-order valence-electron chi connectivity index (χ0n) is 7.84. The van der Waals surface area contributed by atoms with Crippen LogP contribution in [0.25, 0.3) is 0 Å². The summed E-state index contributed by atoms with van der Waals surface area (Å²) in [5, 5.41) is 8.86. The Morgan fingerprint density at radius 1 is 1.25 bits per heavy atom. The maximum atomic E-state index is 8.86. The van der Waals surface area contributed by atoms with Gasteiger partial charge in [0.05, 0.1) is 6.61 Å². The monoisotopic (exact) mass is 166 g/mol. The molecule has 0 saturated heterocycles. The summed E-state index contributed by atoms with van der Waals surface area (Å²) < 4.78 is 0. The number of hydrogen-bond acceptors (Lipinski definition) is 1. The van der Waals surface area contributed by atoms with E-state index in [1.165, 1.54) is 24.8 Å². The van der Waals surface area contributed by atoms with Crippen LogP contribution >= 0.6 is 0 Å². The maximum absolute atomic E-state index is 8.86. The summed E-state index contributed by atoms with van der Waals surface area (Å²) in [6, 6.07) is 0. The molecule has 0 aromatic rings. The Labute approximate surface area is 74.8 Å². The second-order valence-electron chi connectivity index (χ2n) is 3.41. The molecule has 0 saturated carbocycles. The zero-order valence-corrected chi connectivity index (χ0v) is 7.84. The number of unbranched alkanes of at least 4 members (excludes halogenated alkanes) is 1. The van der Waals surface area contributed by atoms with Gasteiger partial charge in [0.25, 0.3) is 0 Å². The summed E-state index contributed by atoms with van der Waals surface area (Å²) in [4.78, 5) is 0. The van der Waals surface area contributed by atoms with Gasteiger partial charge in [-0.2, -0.15) is 0 Å². The summed E-state index contributed by atoms with van der Waals surface area (Å²) >= 11 is 0. The second kappa shape index (κ2) is 5.15. The Morgan fingerprint density at radius 2 is 1.92 bits per heavy atom. The molecule has 0 unspecified atom stereocenters. The first-order valence-electron chi connectivity index (χ1n) is 4.85. The fourth-order valence-electron chi connectivity index (χ4n) is 1.47. The van der Waals surface area contributed by atoms with E-state index in [0.29, 0.717) is 0 Å². The molecule has 12 heavy (non-hydrogen) atoms. The molecule has 1 rings (SSSR count). The lowest BCUT2D eigenvalue weighted by atomic mass is 9.95. The second-order valence-corrected chi connectivity index (χ2v) is 3.41. The molecule has 0 atom stereocenters. The molecule has 0 fully saturated rings. The van der Waals surface area contributed by atoms with Gasteiger partial charge >= 0.3 is 0 Å². The topological polar surface area (TPSA) is 20.2 Å². The number of aliphatic hydroxyl groups excluding tert-OH is 1. The molecule has 0 spiro atoms. The smallest absolute Gasteiger partial charge is 0.0644 e. The number of allylic oxidation sites excluding steroid dienone is 3. The lowest BCUT2D eigenvalue weighted by Gasteiger charge is -2.12. The summed E-state index contributed by atoms with van der Waals surface area (Å²) in [5.41, 5.74) is 2.73. The van der Waals surface area contributed by atoms with E-state index in [1.54, 1.807) is 5.57 Å². The normalized spacial score (nSPS) is 17.2. The number of rotatable bonds is 4. The van der Waals surface area contributed by atoms with Crippen molar-refractivity contribution in [2.45, 2.75) is 39.0 Å². The van der Waals surface area contributed by atoms with Crippen molar-refractivity contribution < 1.29 is 5.11 Å². The molecule has 1 nitrogen and oxygen atoms in total. The van der Waals surface area contributed by atoms with Gasteiger partial charge in [-0.15, -0.1) is 0 Å². The van der Waals surface area contributed by atoms with Crippen LogP contribution in [0.4, 0.5) is 0 Å². The van der Waals surface area contributed by atoms with Gasteiger partial charge in [0, 0.05) is 0 Å². The minimum atomic E-state index is 0.234. The van der Waals surface area contributed by atoms with Crippen LogP contribution in [0.1, 0.15) is 39.0 Å². The Kier molecular flexibility index (Phi) is 4.09. The van der Waals surface area contributed by atoms with Gasteiger partial charge < -0.3 is 5.11 Å². The highest BCUT2D eigenvalue weighted by Crippen LogP contribution is 2.21. The van der Waals surface area contributed by atoms with Crippen LogP contribution in [0.5, 0.6) is 0 Å². The van der Waals surface area contributed by atoms with Crippen molar-refractivity contribution in [1.82, 2.24) is 0 Å². The van der Waals surface area contributed by atoms with Gasteiger partial charge in [0.2, 0.25) is 0 Å². The van der Waals surface area contributed by atoms with Crippen molar-refractivity contribution in [2.24, 2.45) is 0 Å². The molecule has 0 radical (unpaired) electrons. The van der Waals surface area contributed by atoms with Crippen LogP contribution < -0.4 is 0 Å². The van der Waals surface area contributed by atoms with Crippen molar-refractivity contribution in [3.63, 3.8) is 0 Å². The van der Waals surface area contributed by atoms with Crippen LogP contribution in [-0.2, 0) is 0 Å². The third-order valence-corrected chi connectivity index (χ3v) is 2.38. The number of hydrogen-bond donors (Lipinski definition) is 1. The quantitative estimate of drug-likeness (QED) is 0.681. The molecule has 0 aliphatic heterocycles. The first-order chi connectivity index (χ1) is 5.86. The van der Waals surface area contributed by atoms with Crippen LogP contribution in [-0.4, -0.2) is 11.7 Å². The average molecular weight is 166 g/mol. The fourth-order valence-corrected chi connectivity index (χ4v) is 1.47. The lowest BCUT2D eigenvalue weighted by molar-refractivity contribution is 0.326. The van der Waals surface area contributed by atoms with Crippen molar-refractivity contribution in [1.29, 1.82) is 0 Å². The maximum Gasteiger partial charge on any atom is 0.0644 e. The SMILES string of the molecule is CCCCC1=CC=C(CO)CC1. The molecule has 1 aliphatic carbocycles. The predicted molar refractivity (Wildman–Crippen MR) is 52.0 cm³/mol. The summed E-state index contributed by atoms with van der Waals surface area (Å²) in [6.45, 7) is 2.45. The minimum Gasteiger partial charge on any atom is -0.392 e. The first-order valence-corrected chi connectivity index (χ1v) is 4.85. The van der Waals surface area contributed by atoms with Crippen molar-refractivity contribution >= 4 is 0 Å². The van der Waals surface area contributed by atoms with Crippen molar-refractivity contribution in [2.75, 3.05) is 6.61 Å². The highest BCUT2D eigenvalue weighted by atomic mass is 16.3. The predicted octanol–water partition coefficient (Wildman–Crippen LogP) is 2.82. The molecule has 0 amide bonds. The van der Waals surface area contributed by atoms with E-state index in [0.717, 1.165) is 12.8 Å². The average Bonchev–Trinajstić information content (AvgIpc) is 2.15. The minimum absolute atomic E-state index is 0.234. The van der Waals surface area contributed by atoms with Gasteiger partial charge in [-0.05, 0) is 31.3 Å². The van der Waals surface area contributed by atoms with Gasteiger partial charge in [-0.25, -0.2) is 0 Å². The highest BCUT2D eigenvalue weighted by molar-refractivity contribution is 5.23. The van der Waals surface area contributed by atoms with Crippen LogP contribution in [0, 0.1) is 0 Å². The van der Waals surface area contributed by atoms with E-state index < -0.39 is 0 Å². The molecular weight excluding hydrogens is 148 g/mol. The molecule has 1 aliphatic rings. The summed E-state index contributed by atoms with van der Waals surface area (Å²) in [7, 11) is 0. The lowest BCUT2D eigenvalue weighted by Crippen LogP contribution is -1.97. The van der Waals surface area contributed by atoms with Crippen molar-refractivity contribution in [3.05, 3.63) is 23.3 Å². The van der Waals surface area contributed by atoms with E-state index in [1.807, 2.05) is 0 Å². The van der Waals surface area contributed by atoms with Crippen LogP contribution in [0.2, 0.25) is 0 Å². The van der Waals surface area contributed by atoms with E-state index in [9.17, 15) is 0 Å². The van der Waals surface area contributed by atoms with Gasteiger partial charge in [0.1, 0.15) is 0 Å².